The molecule has 3 aliphatic heterocycles. The summed E-state index contributed by atoms with van der Waals surface area (Å²) in [5, 5.41) is 19.0. The summed E-state index contributed by atoms with van der Waals surface area (Å²) in [6.07, 6.45) is 1.99. The number of ether oxygens (including phenoxy) is 2. The van der Waals surface area contributed by atoms with E-state index in [2.05, 4.69) is 25.7 Å². The van der Waals surface area contributed by atoms with Crippen LogP contribution in [0.2, 0.25) is 25.7 Å². The van der Waals surface area contributed by atoms with Gasteiger partial charge in [-0.15, -0.1) is 0 Å². The first-order valence-electron chi connectivity index (χ1n) is 28.2. The van der Waals surface area contributed by atoms with Crippen LogP contribution in [0.15, 0.2) is 30.3 Å². The number of carbonyl (C=O) groups is 11. The lowest BCUT2D eigenvalue weighted by Crippen LogP contribution is -2.60. The van der Waals surface area contributed by atoms with Gasteiger partial charge >= 0.3 is 11.9 Å². The molecule has 0 aliphatic carbocycles. The molecule has 0 bridgehead atoms. The summed E-state index contributed by atoms with van der Waals surface area (Å²) in [6.45, 7) is 8.16. The molecule has 3 fully saturated rings. The number of hydrogen-bond acceptors (Lipinski definition) is 17. The molecule has 0 unspecified atom stereocenters. The first kappa shape index (κ1) is 67.5. The van der Waals surface area contributed by atoms with Gasteiger partial charge in [-0.2, -0.15) is 4.72 Å². The third kappa shape index (κ3) is 18.1. The van der Waals surface area contributed by atoms with Crippen molar-refractivity contribution in [3.63, 3.8) is 0 Å². The van der Waals surface area contributed by atoms with E-state index < -0.39 is 182 Å². The fourth-order valence-corrected chi connectivity index (χ4v) is 14.3. The first-order valence-corrected chi connectivity index (χ1v) is 33.6. The van der Waals surface area contributed by atoms with Crippen LogP contribution in [0.5, 0.6) is 5.75 Å². The Morgan fingerprint density at radius 1 is 0.690 bits per heavy atom. The van der Waals surface area contributed by atoms with Crippen molar-refractivity contribution in [2.45, 2.75) is 128 Å². The number of aromatic hydroxyl groups is 1. The number of pyridine rings is 1. The molecule has 1 aromatic carbocycles. The molecule has 464 valence electrons. The lowest BCUT2D eigenvalue weighted by atomic mass is 10.00. The number of esters is 2. The summed E-state index contributed by atoms with van der Waals surface area (Å²) < 4.78 is 41.1. The number of carbonyl (C=O) groups excluding carboxylic acids is 11. The monoisotopic (exact) mass is 1210 g/mol. The molecule has 3 saturated heterocycles. The number of cyclic esters (lactones) is 2. The quantitative estimate of drug-likeness (QED) is 0.158. The number of likely N-dealkylation sites (N-methyl/N-ethyl adjacent to an activating group) is 4. The maximum absolute atomic E-state index is 14.7. The van der Waals surface area contributed by atoms with Gasteiger partial charge in [-0.1, -0.05) is 65.5 Å². The molecule has 4 heterocycles. The lowest BCUT2D eigenvalue weighted by Gasteiger charge is -2.37. The van der Waals surface area contributed by atoms with Crippen LogP contribution in [-0.2, 0) is 67.4 Å². The topological polar surface area (TPSA) is 341 Å². The predicted octanol–water partition coefficient (Wildman–Crippen LogP) is -0.358. The fraction of sp³-hybridized carbons (Fsp3) is 0.636. The summed E-state index contributed by atoms with van der Waals surface area (Å²) >= 11 is 0. The average molecular weight is 1210 g/mol. The van der Waals surface area contributed by atoms with E-state index in [9.17, 15) is 66.3 Å². The number of nitrogens with zero attached hydrogens (tertiary/aromatic N) is 7. The highest BCUT2D eigenvalue weighted by atomic mass is 32.2. The number of nitrogens with one attached hydrogen (secondary N) is 4. The third-order valence-corrected chi connectivity index (χ3v) is 18.5. The Morgan fingerprint density at radius 3 is 1.61 bits per heavy atom. The molecular weight excluding hydrogens is 1130 g/mol. The zero-order valence-electron chi connectivity index (χ0n) is 49.9. The maximum atomic E-state index is 14.7. The van der Waals surface area contributed by atoms with E-state index in [-0.39, 0.29) is 31.7 Å². The predicted molar refractivity (Wildman–Crippen MR) is 308 cm³/mol. The number of rotatable bonds is 9. The van der Waals surface area contributed by atoms with E-state index in [0.29, 0.717) is 42.6 Å². The van der Waals surface area contributed by atoms with Crippen LogP contribution in [0, 0.1) is 11.8 Å². The van der Waals surface area contributed by atoms with Crippen molar-refractivity contribution >= 4 is 94.1 Å². The second kappa shape index (κ2) is 29.5. The maximum Gasteiger partial charge on any atom is 0.329 e. The Kier molecular flexibility index (Phi) is 23.7. The highest BCUT2D eigenvalue weighted by molar-refractivity contribution is 7.89. The number of piperidine rings is 2. The number of para-hydroxylation sites is 1. The molecule has 2 aromatic rings. The van der Waals surface area contributed by atoms with E-state index in [0.717, 1.165) is 24.5 Å². The van der Waals surface area contributed by atoms with E-state index in [4.69, 9.17) is 9.47 Å². The molecule has 84 heavy (non-hydrogen) atoms. The number of aromatic nitrogens is 1. The Hall–Kier alpha value is -7.27. The Balaban J connectivity index is 1.48. The summed E-state index contributed by atoms with van der Waals surface area (Å²) in [7, 11) is -0.982. The largest absolute Gasteiger partial charge is 0.505 e. The minimum Gasteiger partial charge on any atom is -0.505 e. The van der Waals surface area contributed by atoms with E-state index in [1.807, 2.05) is 19.6 Å². The van der Waals surface area contributed by atoms with Crippen LogP contribution in [0.4, 0.5) is 0 Å². The zero-order chi connectivity index (χ0) is 62.5. The van der Waals surface area contributed by atoms with Crippen molar-refractivity contribution in [3.8, 4) is 5.75 Å². The molecule has 5 rings (SSSR count). The molecule has 5 N–H and O–H groups in total. The fourth-order valence-electron chi connectivity index (χ4n) is 10.1. The average Bonchev–Trinajstić information content (AvgIpc) is 3.52. The molecule has 0 spiro atoms. The summed E-state index contributed by atoms with van der Waals surface area (Å²) in [6, 6.07) is -0.279. The molecule has 0 saturated carbocycles. The molecule has 29 heteroatoms. The molecule has 3 aliphatic rings. The first-order chi connectivity index (χ1) is 39.3. The molecular formula is C55H83N11O16SSi. The van der Waals surface area contributed by atoms with Crippen molar-refractivity contribution < 1.29 is 75.7 Å². The van der Waals surface area contributed by atoms with Crippen LogP contribution in [0.25, 0.3) is 10.9 Å². The Labute approximate surface area is 491 Å². The van der Waals surface area contributed by atoms with Gasteiger partial charge < -0.3 is 59.9 Å². The Bertz CT molecular complexity index is 2920. The van der Waals surface area contributed by atoms with Crippen LogP contribution in [0.1, 0.15) is 76.7 Å². The van der Waals surface area contributed by atoms with Crippen LogP contribution in [0.3, 0.4) is 0 Å². The van der Waals surface area contributed by atoms with Crippen LogP contribution < -0.4 is 20.7 Å². The van der Waals surface area contributed by atoms with E-state index >= 15 is 0 Å². The van der Waals surface area contributed by atoms with Gasteiger partial charge in [0.2, 0.25) is 57.3 Å². The van der Waals surface area contributed by atoms with Gasteiger partial charge in [0.05, 0.1) is 37.4 Å². The van der Waals surface area contributed by atoms with E-state index in [1.54, 1.807) is 52.0 Å². The molecule has 6 atom stereocenters. The SMILES string of the molecule is CC(C)[C@H]1C(=O)OC[C@@H](NC(=O)c2nc3ccccc3cc2O)C(=O)N2CCCC[C@H]2C(=O)NCC(=O)N(C)CC(=O)N(C)[C@@H](C(C)C)C(=O)OC[C@@H](NS(=O)(=O)CC[Si](C)(C)C)C(=O)N2CCCC[C@@H]2C(=O)NCC(=O)N(C)CC(=O)N1C. The van der Waals surface area contributed by atoms with Gasteiger partial charge in [-0.25, -0.2) is 23.0 Å². The summed E-state index contributed by atoms with van der Waals surface area (Å²) in [5.74, 6) is -11.5. The smallest absolute Gasteiger partial charge is 0.329 e. The molecule has 9 amide bonds. The minimum atomic E-state index is -4.21. The number of benzene rings is 1. The van der Waals surface area contributed by atoms with Gasteiger partial charge in [-0.05, 0) is 68.5 Å². The van der Waals surface area contributed by atoms with Crippen molar-refractivity contribution in [3.05, 3.63) is 36.0 Å². The molecule has 1 aromatic heterocycles. The second-order valence-corrected chi connectivity index (χ2v) is 31.0. The number of sulfonamides is 1. The number of hydrogen-bond donors (Lipinski definition) is 5. The van der Waals surface area contributed by atoms with Crippen molar-refractivity contribution in [2.75, 3.05) is 86.4 Å². The standard InChI is InChI=1S/C55H83N11O16SSi/c1-33(2)47-54(77)81-31-37(59-51(74)46-41(67)26-35-18-12-13-19-36(35)58-46)52(75)65-22-16-14-20-39(65)49(72)56-27-42(68)62(6)30-45(71)64(8)48(34(3)4)55(78)82-32-38(60-83(79,80)24-25-84(9,10)11)53(76)66-23-17-15-21-40(66)50(73)57-28-43(69)61(5)29-44(70)63(47)7/h12-13,18-19,26,33-34,37-40,47-48,60,67H,14-17,20-25,27-32H2,1-11H3,(H,56,72)(H,57,73)(H,59,74)/t37-,38-,39+,40-,47+,48+/m1/s1. The van der Waals surface area contributed by atoms with Gasteiger partial charge in [0, 0.05) is 54.7 Å². The molecule has 0 radical (unpaired) electrons. The van der Waals surface area contributed by atoms with Crippen molar-refractivity contribution in [1.82, 2.24) is 55.1 Å². The van der Waals surface area contributed by atoms with Gasteiger partial charge in [0.15, 0.2) is 5.69 Å². The Morgan fingerprint density at radius 2 is 1.14 bits per heavy atom. The van der Waals surface area contributed by atoms with E-state index in [1.165, 1.54) is 39.2 Å². The highest BCUT2D eigenvalue weighted by Gasteiger charge is 2.42. The van der Waals surface area contributed by atoms with Gasteiger partial charge in [0.1, 0.15) is 55.2 Å². The second-order valence-electron chi connectivity index (χ2n) is 23.5. The normalized spacial score (nSPS) is 24.0. The van der Waals surface area contributed by atoms with Crippen LogP contribution >= 0.6 is 0 Å². The lowest BCUT2D eigenvalue weighted by molar-refractivity contribution is -0.159. The highest BCUT2D eigenvalue weighted by Crippen LogP contribution is 2.25. The van der Waals surface area contributed by atoms with Crippen LogP contribution in [-0.4, -0.2) is 244 Å². The third-order valence-electron chi connectivity index (χ3n) is 15.0. The number of amides is 9. The summed E-state index contributed by atoms with van der Waals surface area (Å²) in [5.41, 5.74) is -0.134. The van der Waals surface area contributed by atoms with Gasteiger partial charge in [-0.3, -0.25) is 43.2 Å². The van der Waals surface area contributed by atoms with Gasteiger partial charge in [0.25, 0.3) is 5.91 Å². The van der Waals surface area contributed by atoms with Crippen molar-refractivity contribution in [1.29, 1.82) is 0 Å². The minimum absolute atomic E-state index is 0.00804. The van der Waals surface area contributed by atoms with Crippen molar-refractivity contribution in [2.24, 2.45) is 11.8 Å². The molecule has 27 nitrogen and oxygen atoms in total. The zero-order valence-corrected chi connectivity index (χ0v) is 51.7. The summed E-state index contributed by atoms with van der Waals surface area (Å²) in [4.78, 5) is 165. The number of fused-ring (bicyclic) bond motifs is 3.